The van der Waals surface area contributed by atoms with E-state index in [-0.39, 0.29) is 19.0 Å². The van der Waals surface area contributed by atoms with Gasteiger partial charge < -0.3 is 9.97 Å². The Bertz CT molecular complexity index is 1170. The van der Waals surface area contributed by atoms with E-state index < -0.39 is 0 Å². The molecular formula is C23H24N2O3. The van der Waals surface area contributed by atoms with Crippen LogP contribution in [0.25, 0.3) is 21.8 Å². The van der Waals surface area contributed by atoms with Crippen molar-refractivity contribution >= 4 is 39.7 Å². The monoisotopic (exact) mass is 376 g/mol. The zero-order valence-electron chi connectivity index (χ0n) is 15.4. The van der Waals surface area contributed by atoms with E-state index in [0.717, 1.165) is 33.7 Å². The summed E-state index contributed by atoms with van der Waals surface area (Å²) in [6.45, 7) is 5.13. The van der Waals surface area contributed by atoms with Gasteiger partial charge in [-0.1, -0.05) is 7.43 Å². The summed E-state index contributed by atoms with van der Waals surface area (Å²) in [7, 11) is 0. The second kappa shape index (κ2) is 8.48. The lowest BCUT2D eigenvalue weighted by Gasteiger charge is -1.96. The molecule has 0 bridgehead atoms. The molecule has 0 aliphatic rings. The lowest BCUT2D eigenvalue weighted by atomic mass is 10.1. The van der Waals surface area contributed by atoms with Crippen LogP contribution in [-0.4, -0.2) is 27.8 Å². The van der Waals surface area contributed by atoms with Gasteiger partial charge in [0.15, 0.2) is 17.9 Å². The molecule has 2 heterocycles. The van der Waals surface area contributed by atoms with Crippen molar-refractivity contribution in [2.45, 2.75) is 28.2 Å². The average Bonchev–Trinajstić information content (AvgIpc) is 3.24. The van der Waals surface area contributed by atoms with Gasteiger partial charge in [-0.05, 0) is 62.7 Å². The Morgan fingerprint density at radius 2 is 1.32 bits per heavy atom. The minimum Gasteiger partial charge on any atom is -0.361 e. The maximum atomic E-state index is 11.1. The van der Waals surface area contributed by atoms with Crippen LogP contribution in [0.1, 0.15) is 57.9 Å². The van der Waals surface area contributed by atoms with Crippen LogP contribution >= 0.6 is 0 Å². The average molecular weight is 376 g/mol. The topological polar surface area (TPSA) is 82.8 Å². The fourth-order valence-corrected chi connectivity index (χ4v) is 2.94. The van der Waals surface area contributed by atoms with Gasteiger partial charge in [0, 0.05) is 50.9 Å². The van der Waals surface area contributed by atoms with E-state index in [1.54, 1.807) is 31.3 Å². The third kappa shape index (κ3) is 4.09. The van der Waals surface area contributed by atoms with Crippen LogP contribution in [0, 0.1) is 6.92 Å². The molecule has 0 unspecified atom stereocenters. The molecule has 28 heavy (non-hydrogen) atoms. The quantitative estimate of drug-likeness (QED) is 0.366. The molecule has 0 aliphatic carbocycles. The molecule has 2 aromatic carbocycles. The molecule has 4 aromatic rings. The van der Waals surface area contributed by atoms with Crippen molar-refractivity contribution < 1.29 is 14.4 Å². The normalized spacial score (nSPS) is 10.1. The van der Waals surface area contributed by atoms with Crippen LogP contribution < -0.4 is 0 Å². The number of aromatic nitrogens is 2. The fraction of sp³-hybridized carbons (Fsp3) is 0.174. The Kier molecular flexibility index (Phi) is 6.31. The summed E-state index contributed by atoms with van der Waals surface area (Å²) in [4.78, 5) is 39.0. The zero-order chi connectivity index (χ0) is 19.6. The standard InChI is InChI=1S/C11H9NO2.C11H11NO.CH4/c1-7(14)8-2-3-11-10(4-8)9(6-13)5-12-11;1-7-6-12-11-4-3-9(8(2)13)5-10(7)11;/h2-6,12H,1H3;3-6,12H,1-2H3;1H4. The molecule has 0 saturated carbocycles. The van der Waals surface area contributed by atoms with Crippen molar-refractivity contribution in [3.63, 3.8) is 0 Å². The summed E-state index contributed by atoms with van der Waals surface area (Å²) in [6.07, 6.45) is 4.37. The molecule has 0 amide bonds. The van der Waals surface area contributed by atoms with E-state index in [1.165, 1.54) is 12.5 Å². The van der Waals surface area contributed by atoms with E-state index in [0.29, 0.717) is 11.1 Å². The Morgan fingerprint density at radius 3 is 1.86 bits per heavy atom. The van der Waals surface area contributed by atoms with Crippen molar-refractivity contribution in [3.8, 4) is 0 Å². The van der Waals surface area contributed by atoms with Crippen molar-refractivity contribution in [2.75, 3.05) is 0 Å². The van der Waals surface area contributed by atoms with Gasteiger partial charge in [0.05, 0.1) is 0 Å². The van der Waals surface area contributed by atoms with Crippen molar-refractivity contribution in [1.82, 2.24) is 9.97 Å². The van der Waals surface area contributed by atoms with Gasteiger partial charge in [-0.15, -0.1) is 0 Å². The van der Waals surface area contributed by atoms with Gasteiger partial charge in [-0.2, -0.15) is 0 Å². The third-order valence-corrected chi connectivity index (χ3v) is 4.54. The SMILES string of the molecule is C.CC(=O)c1ccc2[nH]cc(C)c2c1.CC(=O)c1ccc2[nH]cc(C=O)c2c1. The van der Waals surface area contributed by atoms with Gasteiger partial charge >= 0.3 is 0 Å². The van der Waals surface area contributed by atoms with Crippen LogP contribution in [0.2, 0.25) is 0 Å². The Balaban J connectivity index is 0.000000194. The number of carbonyl (C=O) groups is 3. The number of fused-ring (bicyclic) bond motifs is 2. The zero-order valence-corrected chi connectivity index (χ0v) is 15.4. The van der Waals surface area contributed by atoms with Crippen LogP contribution in [0.3, 0.4) is 0 Å². The van der Waals surface area contributed by atoms with E-state index >= 15 is 0 Å². The Labute approximate surface area is 163 Å². The van der Waals surface area contributed by atoms with Gasteiger partial charge in [0.2, 0.25) is 0 Å². The predicted molar refractivity (Wildman–Crippen MR) is 113 cm³/mol. The molecule has 0 radical (unpaired) electrons. The number of Topliss-reactive ketones (excluding diaryl/α,β-unsaturated/α-hetero) is 2. The van der Waals surface area contributed by atoms with Gasteiger partial charge in [0.1, 0.15) is 0 Å². The highest BCUT2D eigenvalue weighted by molar-refractivity contribution is 6.03. The number of hydrogen-bond donors (Lipinski definition) is 2. The van der Waals surface area contributed by atoms with Gasteiger partial charge in [-0.3, -0.25) is 14.4 Å². The molecular weight excluding hydrogens is 352 g/mol. The Morgan fingerprint density at radius 1 is 0.821 bits per heavy atom. The number of nitrogens with one attached hydrogen (secondary N) is 2. The third-order valence-electron chi connectivity index (χ3n) is 4.54. The molecule has 0 spiro atoms. The van der Waals surface area contributed by atoms with Gasteiger partial charge in [-0.25, -0.2) is 0 Å². The fourth-order valence-electron chi connectivity index (χ4n) is 2.94. The lowest BCUT2D eigenvalue weighted by Crippen LogP contribution is -1.90. The minimum atomic E-state index is 0. The number of aryl methyl sites for hydroxylation is 1. The molecule has 0 saturated heterocycles. The number of carbonyl (C=O) groups excluding carboxylic acids is 3. The largest absolute Gasteiger partial charge is 0.361 e. The minimum absolute atomic E-state index is 0. The highest BCUT2D eigenvalue weighted by Gasteiger charge is 2.05. The van der Waals surface area contributed by atoms with E-state index in [4.69, 9.17) is 0 Å². The number of H-pyrrole nitrogens is 2. The first-order chi connectivity index (χ1) is 12.9. The summed E-state index contributed by atoms with van der Waals surface area (Å²) >= 11 is 0. The smallest absolute Gasteiger partial charge is 0.159 e. The maximum Gasteiger partial charge on any atom is 0.159 e. The first-order valence-electron chi connectivity index (χ1n) is 8.56. The van der Waals surface area contributed by atoms with E-state index in [1.807, 2.05) is 31.3 Å². The number of ketones is 2. The molecule has 5 nitrogen and oxygen atoms in total. The highest BCUT2D eigenvalue weighted by atomic mass is 16.1. The summed E-state index contributed by atoms with van der Waals surface area (Å²) in [6, 6.07) is 11.0. The lowest BCUT2D eigenvalue weighted by molar-refractivity contribution is 0.100. The van der Waals surface area contributed by atoms with Gasteiger partial charge in [0.25, 0.3) is 0 Å². The summed E-state index contributed by atoms with van der Waals surface area (Å²) in [5.74, 6) is 0.118. The molecule has 2 N–H and O–H groups in total. The van der Waals surface area contributed by atoms with Crippen molar-refractivity contribution in [1.29, 1.82) is 0 Å². The van der Waals surface area contributed by atoms with Crippen molar-refractivity contribution in [2.24, 2.45) is 0 Å². The predicted octanol–water partition coefficient (Wildman–Crippen LogP) is 5.50. The summed E-state index contributed by atoms with van der Waals surface area (Å²) < 4.78 is 0. The molecule has 4 rings (SSSR count). The first kappa shape index (κ1) is 20.8. The van der Waals surface area contributed by atoms with Crippen LogP contribution in [0.5, 0.6) is 0 Å². The number of hydrogen-bond acceptors (Lipinski definition) is 3. The summed E-state index contributed by atoms with van der Waals surface area (Å²) in [5.41, 5.74) is 5.12. The molecule has 0 atom stereocenters. The molecule has 0 fully saturated rings. The van der Waals surface area contributed by atoms with Crippen LogP contribution in [0.4, 0.5) is 0 Å². The molecule has 2 aromatic heterocycles. The second-order valence-corrected chi connectivity index (χ2v) is 6.47. The number of aldehydes is 1. The van der Waals surface area contributed by atoms with Crippen molar-refractivity contribution in [3.05, 3.63) is 71.0 Å². The number of aromatic amines is 2. The highest BCUT2D eigenvalue weighted by Crippen LogP contribution is 2.19. The summed E-state index contributed by atoms with van der Waals surface area (Å²) in [5, 5.41) is 1.93. The maximum absolute atomic E-state index is 11.1. The second-order valence-electron chi connectivity index (χ2n) is 6.47. The first-order valence-corrected chi connectivity index (χ1v) is 8.56. The van der Waals surface area contributed by atoms with Crippen LogP contribution in [-0.2, 0) is 0 Å². The van der Waals surface area contributed by atoms with E-state index in [2.05, 4.69) is 9.97 Å². The Hall–Kier alpha value is -3.47. The number of benzene rings is 2. The van der Waals surface area contributed by atoms with E-state index in [9.17, 15) is 14.4 Å². The molecule has 144 valence electrons. The molecule has 0 aliphatic heterocycles. The number of rotatable bonds is 3. The molecule has 5 heteroatoms. The van der Waals surface area contributed by atoms with Crippen LogP contribution in [0.15, 0.2) is 48.8 Å².